The summed E-state index contributed by atoms with van der Waals surface area (Å²) in [6.07, 6.45) is 1.53. The summed E-state index contributed by atoms with van der Waals surface area (Å²) in [6, 6.07) is 10.5. The van der Waals surface area contributed by atoms with Crippen LogP contribution in [0.15, 0.2) is 57.6 Å². The Morgan fingerprint density at radius 2 is 1.83 bits per heavy atom. The van der Waals surface area contributed by atoms with Crippen LogP contribution in [0.3, 0.4) is 0 Å². The number of benzene rings is 2. The molecule has 1 saturated heterocycles. The van der Waals surface area contributed by atoms with Gasteiger partial charge in [0.05, 0.1) is 15.3 Å². The number of fused-ring (bicyclic) bond motifs is 1. The first kappa shape index (κ1) is 19.0. The van der Waals surface area contributed by atoms with Crippen molar-refractivity contribution in [2.24, 2.45) is 10.2 Å². The lowest BCUT2D eigenvalue weighted by Gasteiger charge is -2.15. The fourth-order valence-electron chi connectivity index (χ4n) is 3.29. The van der Waals surface area contributed by atoms with Crippen molar-refractivity contribution in [1.29, 1.82) is 0 Å². The Kier molecular flexibility index (Phi) is 4.76. The molecule has 0 bridgehead atoms. The SMILES string of the molecule is O=[N+]([O-])c1cc(S(=O)(=O)N2CCCC2)ccc1N=Nc1c(O)[nH]c2ccccc12. The second-order valence-corrected chi connectivity index (χ2v) is 8.52. The topological polar surface area (TPSA) is 141 Å². The molecule has 0 unspecified atom stereocenters. The summed E-state index contributed by atoms with van der Waals surface area (Å²) in [4.78, 5) is 13.4. The summed E-state index contributed by atoms with van der Waals surface area (Å²) in [5.74, 6) is -0.217. The van der Waals surface area contributed by atoms with Gasteiger partial charge in [0.25, 0.3) is 5.69 Å². The summed E-state index contributed by atoms with van der Waals surface area (Å²) in [7, 11) is -3.79. The molecule has 11 heteroatoms. The molecule has 3 aromatic rings. The number of sulfonamides is 1. The second-order valence-electron chi connectivity index (χ2n) is 6.59. The van der Waals surface area contributed by atoms with Crippen molar-refractivity contribution in [3.8, 4) is 5.88 Å². The van der Waals surface area contributed by atoms with Crippen molar-refractivity contribution in [3.05, 3.63) is 52.6 Å². The van der Waals surface area contributed by atoms with Crippen LogP contribution in [0.1, 0.15) is 12.8 Å². The van der Waals surface area contributed by atoms with Gasteiger partial charge in [-0.2, -0.15) is 4.31 Å². The zero-order chi connectivity index (χ0) is 20.6. The Morgan fingerprint density at radius 1 is 1.10 bits per heavy atom. The Morgan fingerprint density at radius 3 is 2.55 bits per heavy atom. The van der Waals surface area contributed by atoms with Gasteiger partial charge in [-0.1, -0.05) is 18.2 Å². The molecule has 4 rings (SSSR count). The summed E-state index contributed by atoms with van der Waals surface area (Å²) >= 11 is 0. The molecule has 1 aliphatic heterocycles. The molecule has 10 nitrogen and oxygen atoms in total. The molecule has 0 atom stereocenters. The van der Waals surface area contributed by atoms with Crippen LogP contribution < -0.4 is 0 Å². The van der Waals surface area contributed by atoms with Crippen LogP contribution in [-0.4, -0.2) is 40.8 Å². The van der Waals surface area contributed by atoms with Crippen LogP contribution in [0.25, 0.3) is 10.9 Å². The van der Waals surface area contributed by atoms with Gasteiger partial charge in [-0.3, -0.25) is 10.1 Å². The van der Waals surface area contributed by atoms with Gasteiger partial charge in [0.15, 0.2) is 11.4 Å². The molecule has 0 spiro atoms. The predicted octanol–water partition coefficient (Wildman–Crippen LogP) is 3.98. The number of nitro benzene ring substituents is 1. The first-order valence-electron chi connectivity index (χ1n) is 8.88. The van der Waals surface area contributed by atoms with E-state index in [1.54, 1.807) is 24.3 Å². The molecule has 2 aromatic carbocycles. The Balaban J connectivity index is 1.73. The molecule has 1 aromatic heterocycles. The number of aromatic nitrogens is 1. The van der Waals surface area contributed by atoms with Gasteiger partial charge in [0.2, 0.25) is 15.9 Å². The summed E-state index contributed by atoms with van der Waals surface area (Å²) < 4.78 is 26.7. The standard InChI is InChI=1S/C18H17N5O5S/c24-18-17(13-5-1-2-6-14(13)19-18)21-20-15-8-7-12(11-16(15)23(25)26)29(27,28)22-9-3-4-10-22/h1-2,5-8,11,19,24H,3-4,9-10H2. The van der Waals surface area contributed by atoms with Gasteiger partial charge < -0.3 is 10.1 Å². The summed E-state index contributed by atoms with van der Waals surface area (Å²) in [6.45, 7) is 0.800. The van der Waals surface area contributed by atoms with Gasteiger partial charge in [-0.05, 0) is 31.0 Å². The lowest BCUT2D eigenvalue weighted by atomic mass is 10.2. The lowest BCUT2D eigenvalue weighted by molar-refractivity contribution is -0.384. The minimum Gasteiger partial charge on any atom is -0.493 e. The van der Waals surface area contributed by atoms with Crippen LogP contribution in [0, 0.1) is 10.1 Å². The van der Waals surface area contributed by atoms with Crippen molar-refractivity contribution in [1.82, 2.24) is 9.29 Å². The fraction of sp³-hybridized carbons (Fsp3) is 0.222. The summed E-state index contributed by atoms with van der Waals surface area (Å²) in [5.41, 5.74) is 0.192. The molecular weight excluding hydrogens is 398 g/mol. The highest BCUT2D eigenvalue weighted by Crippen LogP contribution is 2.38. The second kappa shape index (κ2) is 7.26. The van der Waals surface area contributed by atoms with Gasteiger partial charge in [-0.15, -0.1) is 10.2 Å². The quantitative estimate of drug-likeness (QED) is 0.368. The van der Waals surface area contributed by atoms with Crippen molar-refractivity contribution >= 4 is 38.0 Å². The highest BCUT2D eigenvalue weighted by Gasteiger charge is 2.29. The molecule has 2 N–H and O–H groups in total. The molecule has 2 heterocycles. The normalized spacial score (nSPS) is 15.4. The van der Waals surface area contributed by atoms with Crippen molar-refractivity contribution in [3.63, 3.8) is 0 Å². The largest absolute Gasteiger partial charge is 0.493 e. The van der Waals surface area contributed by atoms with E-state index >= 15 is 0 Å². The average Bonchev–Trinajstić information content (AvgIpc) is 3.34. The van der Waals surface area contributed by atoms with E-state index in [9.17, 15) is 23.6 Å². The molecule has 0 aliphatic carbocycles. The van der Waals surface area contributed by atoms with Crippen LogP contribution in [0.2, 0.25) is 0 Å². The number of aromatic hydroxyl groups is 1. The van der Waals surface area contributed by atoms with E-state index in [4.69, 9.17) is 0 Å². The van der Waals surface area contributed by atoms with Crippen molar-refractivity contribution in [2.45, 2.75) is 17.7 Å². The number of H-pyrrole nitrogens is 1. The fourth-order valence-corrected chi connectivity index (χ4v) is 4.83. The number of para-hydroxylation sites is 1. The van der Waals surface area contributed by atoms with Crippen LogP contribution in [-0.2, 0) is 10.0 Å². The minimum absolute atomic E-state index is 0.111. The number of aromatic amines is 1. The van der Waals surface area contributed by atoms with Gasteiger partial charge in [0.1, 0.15) is 0 Å². The molecule has 150 valence electrons. The minimum atomic E-state index is -3.79. The zero-order valence-electron chi connectivity index (χ0n) is 15.1. The highest BCUT2D eigenvalue weighted by molar-refractivity contribution is 7.89. The van der Waals surface area contributed by atoms with Gasteiger partial charge in [-0.25, -0.2) is 8.42 Å². The van der Waals surface area contributed by atoms with Gasteiger partial charge >= 0.3 is 0 Å². The number of hydrogen-bond acceptors (Lipinski definition) is 7. The monoisotopic (exact) mass is 415 g/mol. The van der Waals surface area contributed by atoms with E-state index in [0.717, 1.165) is 18.9 Å². The Labute approximate surface area is 165 Å². The maximum Gasteiger partial charge on any atom is 0.298 e. The highest BCUT2D eigenvalue weighted by atomic mass is 32.2. The van der Waals surface area contributed by atoms with E-state index in [1.165, 1.54) is 16.4 Å². The van der Waals surface area contributed by atoms with E-state index in [1.807, 2.05) is 0 Å². The van der Waals surface area contributed by atoms with Crippen molar-refractivity contribution in [2.75, 3.05) is 13.1 Å². The first-order chi connectivity index (χ1) is 13.9. The third-order valence-corrected chi connectivity index (χ3v) is 6.66. The number of nitrogens with zero attached hydrogens (tertiary/aromatic N) is 4. The molecular formula is C18H17N5O5S. The smallest absolute Gasteiger partial charge is 0.298 e. The van der Waals surface area contributed by atoms with Crippen LogP contribution in [0.4, 0.5) is 17.1 Å². The Hall–Kier alpha value is -3.31. The van der Waals surface area contributed by atoms with Crippen LogP contribution in [0.5, 0.6) is 5.88 Å². The number of rotatable bonds is 5. The molecule has 0 amide bonds. The maximum atomic E-state index is 12.7. The lowest BCUT2D eigenvalue weighted by Crippen LogP contribution is -2.27. The first-order valence-corrected chi connectivity index (χ1v) is 10.3. The van der Waals surface area contributed by atoms with Crippen LogP contribution >= 0.6 is 0 Å². The van der Waals surface area contributed by atoms with E-state index in [0.29, 0.717) is 24.0 Å². The number of azo groups is 1. The molecule has 29 heavy (non-hydrogen) atoms. The number of hydrogen-bond donors (Lipinski definition) is 2. The number of nitrogens with one attached hydrogen (secondary N) is 1. The zero-order valence-corrected chi connectivity index (χ0v) is 16.0. The molecule has 0 radical (unpaired) electrons. The van der Waals surface area contributed by atoms with E-state index < -0.39 is 20.6 Å². The summed E-state index contributed by atoms with van der Waals surface area (Å²) in [5, 5.41) is 30.0. The molecule has 0 saturated carbocycles. The predicted molar refractivity (Wildman–Crippen MR) is 105 cm³/mol. The third-order valence-electron chi connectivity index (χ3n) is 4.76. The maximum absolute atomic E-state index is 12.7. The number of nitro groups is 1. The van der Waals surface area contributed by atoms with Crippen molar-refractivity contribution < 1.29 is 18.4 Å². The molecule has 1 fully saturated rings. The van der Waals surface area contributed by atoms with Gasteiger partial charge in [0, 0.05) is 24.5 Å². The Bertz CT molecular complexity index is 1230. The van der Waals surface area contributed by atoms with E-state index in [2.05, 4.69) is 15.2 Å². The molecule has 1 aliphatic rings. The van der Waals surface area contributed by atoms with E-state index in [-0.39, 0.29) is 22.2 Å². The third kappa shape index (κ3) is 3.45. The average molecular weight is 415 g/mol.